The van der Waals surface area contributed by atoms with Crippen LogP contribution in [0.1, 0.15) is 15.2 Å². The molecule has 2 N–H and O–H groups in total. The maximum absolute atomic E-state index is 12.6. The highest BCUT2D eigenvalue weighted by Gasteiger charge is 2.18. The maximum atomic E-state index is 12.6. The number of likely N-dealkylation sites (N-methyl/N-ethyl adjacent to an activating group) is 1. The van der Waals surface area contributed by atoms with Crippen LogP contribution in [0.3, 0.4) is 0 Å². The lowest BCUT2D eigenvalue weighted by Crippen LogP contribution is -2.52. The third kappa shape index (κ3) is 4.45. The van der Waals surface area contributed by atoms with E-state index in [0.29, 0.717) is 16.6 Å². The highest BCUT2D eigenvalue weighted by atomic mass is 35.5. The maximum Gasteiger partial charge on any atom is 0.267 e. The smallest absolute Gasteiger partial charge is 0.267 e. The zero-order chi connectivity index (χ0) is 16.9. The van der Waals surface area contributed by atoms with Crippen LogP contribution >= 0.6 is 22.9 Å². The second-order valence-electron chi connectivity index (χ2n) is 5.71. The fourth-order valence-corrected chi connectivity index (χ4v) is 3.42. The number of para-hydroxylation sites is 1. The Morgan fingerprint density at radius 1 is 1.29 bits per heavy atom. The molecule has 0 bridgehead atoms. The number of nitrogens with zero attached hydrogens (tertiary/aromatic N) is 3. The minimum absolute atomic E-state index is 0.0926. The van der Waals surface area contributed by atoms with E-state index in [1.54, 1.807) is 6.20 Å². The second kappa shape index (κ2) is 7.94. The Balaban J connectivity index is 1.63. The van der Waals surface area contributed by atoms with Crippen LogP contribution in [0.15, 0.2) is 30.5 Å². The number of carbonyl (C=O) groups is 1. The first-order valence-corrected chi connectivity index (χ1v) is 8.99. The van der Waals surface area contributed by atoms with Crippen LogP contribution in [0.2, 0.25) is 4.47 Å². The number of halogens is 1. The van der Waals surface area contributed by atoms with Gasteiger partial charge in [-0.05, 0) is 19.2 Å². The van der Waals surface area contributed by atoms with Gasteiger partial charge in [-0.25, -0.2) is 9.99 Å². The second-order valence-corrected chi connectivity index (χ2v) is 7.41. The van der Waals surface area contributed by atoms with Crippen molar-refractivity contribution in [3.05, 3.63) is 45.4 Å². The molecule has 128 valence electrons. The lowest BCUT2D eigenvalue weighted by Gasteiger charge is -2.32. The number of thiazole rings is 1. The van der Waals surface area contributed by atoms with E-state index in [1.165, 1.54) is 11.3 Å². The lowest BCUT2D eigenvalue weighted by molar-refractivity contribution is 0.0663. The fourth-order valence-electron chi connectivity index (χ4n) is 2.51. The minimum Gasteiger partial charge on any atom is -0.379 e. The summed E-state index contributed by atoms with van der Waals surface area (Å²) in [6.07, 6.45) is 1.74. The van der Waals surface area contributed by atoms with Gasteiger partial charge in [0.15, 0.2) is 4.47 Å². The molecule has 1 aromatic carbocycles. The van der Waals surface area contributed by atoms with Crippen LogP contribution in [0.25, 0.3) is 0 Å². The predicted octanol–water partition coefficient (Wildman–Crippen LogP) is 2.30. The summed E-state index contributed by atoms with van der Waals surface area (Å²) in [7, 11) is 2.09. The van der Waals surface area contributed by atoms with Crippen molar-refractivity contribution in [3.63, 3.8) is 0 Å². The van der Waals surface area contributed by atoms with Crippen molar-refractivity contribution < 1.29 is 4.79 Å². The minimum atomic E-state index is -0.0926. The normalized spacial score (nSPS) is 16.1. The van der Waals surface area contributed by atoms with Gasteiger partial charge in [0.05, 0.1) is 12.1 Å². The number of hydrazine groups is 1. The molecule has 0 spiro atoms. The number of benzene rings is 1. The quantitative estimate of drug-likeness (QED) is 0.851. The summed E-state index contributed by atoms with van der Waals surface area (Å²) in [5.41, 5.74) is 4.43. The molecular weight excluding hydrogens is 346 g/mol. The Labute approximate surface area is 150 Å². The molecule has 0 radical (unpaired) electrons. The van der Waals surface area contributed by atoms with Gasteiger partial charge in [-0.2, -0.15) is 0 Å². The van der Waals surface area contributed by atoms with Gasteiger partial charge in [-0.15, -0.1) is 11.3 Å². The first kappa shape index (κ1) is 17.2. The number of aromatic nitrogens is 1. The molecule has 2 aromatic rings. The number of amides is 1. The average Bonchev–Trinajstić information content (AvgIpc) is 3.01. The van der Waals surface area contributed by atoms with Crippen molar-refractivity contribution in [1.82, 2.24) is 20.3 Å². The monoisotopic (exact) mass is 365 g/mol. The summed E-state index contributed by atoms with van der Waals surface area (Å²) in [5.74, 6) is -0.0926. The third-order valence-electron chi connectivity index (χ3n) is 3.91. The molecule has 2 heterocycles. The molecule has 0 aliphatic carbocycles. The molecule has 1 amide bonds. The first-order valence-electron chi connectivity index (χ1n) is 7.79. The number of rotatable bonds is 5. The number of anilines is 1. The predicted molar refractivity (Wildman–Crippen MR) is 97.4 cm³/mol. The van der Waals surface area contributed by atoms with E-state index in [4.69, 9.17) is 11.6 Å². The van der Waals surface area contributed by atoms with Gasteiger partial charge in [0, 0.05) is 42.9 Å². The molecule has 1 saturated heterocycles. The molecule has 0 saturated carbocycles. The average molecular weight is 366 g/mol. The lowest BCUT2D eigenvalue weighted by atomic mass is 10.1. The van der Waals surface area contributed by atoms with Crippen LogP contribution in [0.4, 0.5) is 5.69 Å². The number of nitrogens with one attached hydrogen (secondary N) is 2. The Morgan fingerprint density at radius 2 is 2.04 bits per heavy atom. The zero-order valence-corrected chi connectivity index (χ0v) is 15.0. The topological polar surface area (TPSA) is 60.5 Å². The van der Waals surface area contributed by atoms with E-state index in [-0.39, 0.29) is 5.91 Å². The van der Waals surface area contributed by atoms with E-state index in [9.17, 15) is 4.79 Å². The molecule has 6 nitrogen and oxygen atoms in total. The van der Waals surface area contributed by atoms with Crippen LogP contribution in [0.5, 0.6) is 0 Å². The van der Waals surface area contributed by atoms with Crippen molar-refractivity contribution in [1.29, 1.82) is 0 Å². The summed E-state index contributed by atoms with van der Waals surface area (Å²) < 4.78 is 0.521. The van der Waals surface area contributed by atoms with Gasteiger partial charge in [-0.1, -0.05) is 23.7 Å². The van der Waals surface area contributed by atoms with Crippen molar-refractivity contribution in [2.75, 3.05) is 38.5 Å². The highest BCUT2D eigenvalue weighted by molar-refractivity contribution is 7.15. The van der Waals surface area contributed by atoms with Gasteiger partial charge in [0.25, 0.3) is 5.91 Å². The van der Waals surface area contributed by atoms with Crippen molar-refractivity contribution in [2.24, 2.45) is 0 Å². The number of piperazine rings is 1. The molecule has 3 rings (SSSR count). The molecule has 0 unspecified atom stereocenters. The number of hydrogen-bond acceptors (Lipinski definition) is 6. The molecular formula is C16H20ClN5OS. The summed E-state index contributed by atoms with van der Waals surface area (Å²) in [6, 6.07) is 7.51. The van der Waals surface area contributed by atoms with Crippen LogP contribution in [-0.4, -0.2) is 54.0 Å². The molecule has 8 heteroatoms. The van der Waals surface area contributed by atoms with Gasteiger partial charge >= 0.3 is 0 Å². The molecule has 1 aliphatic heterocycles. The van der Waals surface area contributed by atoms with Gasteiger partial charge < -0.3 is 10.2 Å². The standard InChI is InChI=1S/C16H20ClN5OS/c1-21-6-8-22(9-7-21)20-15(23)13-4-2-3-5-14(13)18-10-12-11-19-16(17)24-12/h2-5,11,18H,6-10H2,1H3,(H,20,23). The largest absolute Gasteiger partial charge is 0.379 e. The van der Waals surface area contributed by atoms with Gasteiger partial charge in [-0.3, -0.25) is 10.2 Å². The van der Waals surface area contributed by atoms with Crippen LogP contribution in [0, 0.1) is 0 Å². The molecule has 1 fully saturated rings. The van der Waals surface area contributed by atoms with Gasteiger partial charge in [0.2, 0.25) is 0 Å². The SMILES string of the molecule is CN1CCN(NC(=O)c2ccccc2NCc2cnc(Cl)s2)CC1. The van der Waals surface area contributed by atoms with Crippen molar-refractivity contribution in [3.8, 4) is 0 Å². The summed E-state index contributed by atoms with van der Waals surface area (Å²) in [5, 5.41) is 5.27. The molecule has 1 aromatic heterocycles. The Morgan fingerprint density at radius 3 is 2.75 bits per heavy atom. The van der Waals surface area contributed by atoms with Crippen molar-refractivity contribution >= 4 is 34.5 Å². The number of carbonyl (C=O) groups excluding carboxylic acids is 1. The number of hydrogen-bond donors (Lipinski definition) is 2. The Kier molecular flexibility index (Phi) is 5.68. The Bertz CT molecular complexity index is 699. The van der Waals surface area contributed by atoms with E-state index in [2.05, 4.69) is 27.7 Å². The summed E-state index contributed by atoms with van der Waals surface area (Å²) in [4.78, 5) is 19.9. The van der Waals surface area contributed by atoms with Crippen LogP contribution < -0.4 is 10.7 Å². The van der Waals surface area contributed by atoms with E-state index >= 15 is 0 Å². The van der Waals surface area contributed by atoms with Crippen LogP contribution in [-0.2, 0) is 6.54 Å². The summed E-state index contributed by atoms with van der Waals surface area (Å²) >= 11 is 7.28. The summed E-state index contributed by atoms with van der Waals surface area (Å²) in [6.45, 7) is 4.15. The van der Waals surface area contributed by atoms with E-state index in [0.717, 1.165) is 36.7 Å². The molecule has 24 heavy (non-hydrogen) atoms. The molecule has 1 aliphatic rings. The van der Waals surface area contributed by atoms with Gasteiger partial charge in [0.1, 0.15) is 0 Å². The highest BCUT2D eigenvalue weighted by Crippen LogP contribution is 2.21. The third-order valence-corrected chi connectivity index (χ3v) is 5.03. The van der Waals surface area contributed by atoms with E-state index < -0.39 is 0 Å². The Hall–Kier alpha value is -1.67. The van der Waals surface area contributed by atoms with Crippen molar-refractivity contribution in [2.45, 2.75) is 6.54 Å². The first-order chi connectivity index (χ1) is 11.6. The zero-order valence-electron chi connectivity index (χ0n) is 13.5. The van der Waals surface area contributed by atoms with E-state index in [1.807, 2.05) is 29.3 Å². The molecule has 0 atom stereocenters. The fraction of sp³-hybridized carbons (Fsp3) is 0.375.